The zero-order valence-electron chi connectivity index (χ0n) is 20.9. The van der Waals surface area contributed by atoms with Gasteiger partial charge in [0.2, 0.25) is 11.9 Å². The van der Waals surface area contributed by atoms with Crippen molar-refractivity contribution in [2.45, 2.75) is 38.3 Å². The molecule has 1 fully saturated rings. The van der Waals surface area contributed by atoms with Gasteiger partial charge in [-0.2, -0.15) is 4.98 Å². The lowest BCUT2D eigenvalue weighted by Crippen LogP contribution is -2.35. The molecule has 0 radical (unpaired) electrons. The Morgan fingerprint density at radius 3 is 2.36 bits per heavy atom. The Balaban J connectivity index is 1.15. The van der Waals surface area contributed by atoms with Crippen LogP contribution in [0.5, 0.6) is 0 Å². The molecule has 4 aromatic rings. The van der Waals surface area contributed by atoms with Gasteiger partial charge in [-0.05, 0) is 60.6 Å². The highest BCUT2D eigenvalue weighted by atomic mass is 16.1. The van der Waals surface area contributed by atoms with E-state index in [1.807, 2.05) is 55.4 Å². The summed E-state index contributed by atoms with van der Waals surface area (Å²) in [6, 6.07) is 27.1. The van der Waals surface area contributed by atoms with Crippen LogP contribution in [0.2, 0.25) is 0 Å². The van der Waals surface area contributed by atoms with E-state index < -0.39 is 0 Å². The van der Waals surface area contributed by atoms with E-state index in [4.69, 9.17) is 9.97 Å². The minimum absolute atomic E-state index is 0.0511. The van der Waals surface area contributed by atoms with Gasteiger partial charge in [-0.25, -0.2) is 4.98 Å². The van der Waals surface area contributed by atoms with Gasteiger partial charge in [-0.1, -0.05) is 60.7 Å². The van der Waals surface area contributed by atoms with Crippen molar-refractivity contribution in [1.29, 1.82) is 0 Å². The second-order valence-electron chi connectivity index (χ2n) is 9.76. The summed E-state index contributed by atoms with van der Waals surface area (Å²) >= 11 is 0. The molecule has 5 rings (SSSR count). The third kappa shape index (κ3) is 5.48. The molecule has 1 aromatic heterocycles. The highest BCUT2D eigenvalue weighted by Gasteiger charge is 2.26. The smallest absolute Gasteiger partial charge is 0.225 e. The maximum Gasteiger partial charge on any atom is 0.225 e. The van der Waals surface area contributed by atoms with Crippen LogP contribution in [0.3, 0.4) is 0 Å². The van der Waals surface area contributed by atoms with Crippen molar-refractivity contribution in [2.24, 2.45) is 5.92 Å². The van der Waals surface area contributed by atoms with Gasteiger partial charge in [0.1, 0.15) is 5.82 Å². The van der Waals surface area contributed by atoms with Gasteiger partial charge in [0.25, 0.3) is 0 Å². The van der Waals surface area contributed by atoms with E-state index in [1.165, 1.54) is 11.1 Å². The highest BCUT2D eigenvalue weighted by Crippen LogP contribution is 2.29. The van der Waals surface area contributed by atoms with Gasteiger partial charge >= 0.3 is 0 Å². The number of hydrogen-bond donors (Lipinski definition) is 2. The number of carbonyl (C=O) groups excluding carboxylic acids is 1. The lowest BCUT2D eigenvalue weighted by Gasteiger charge is -2.28. The molecule has 0 atom stereocenters. The van der Waals surface area contributed by atoms with Crippen LogP contribution < -0.4 is 15.5 Å². The Morgan fingerprint density at radius 1 is 0.861 bits per heavy atom. The van der Waals surface area contributed by atoms with Crippen LogP contribution in [0.25, 0.3) is 22.0 Å². The molecule has 0 aliphatic heterocycles. The van der Waals surface area contributed by atoms with Crippen molar-refractivity contribution in [3.05, 3.63) is 84.4 Å². The molecule has 0 unspecified atom stereocenters. The number of nitrogens with zero attached hydrogens (tertiary/aromatic N) is 3. The maximum absolute atomic E-state index is 12.9. The molecule has 3 aromatic carbocycles. The lowest BCUT2D eigenvalue weighted by molar-refractivity contribution is -0.126. The molecule has 1 heterocycles. The van der Waals surface area contributed by atoms with Crippen molar-refractivity contribution >= 4 is 28.6 Å². The first-order valence-electron chi connectivity index (χ1n) is 12.7. The lowest BCUT2D eigenvalue weighted by atomic mass is 9.85. The number of aromatic nitrogens is 2. The molecule has 1 saturated carbocycles. The Morgan fingerprint density at radius 2 is 1.58 bits per heavy atom. The fourth-order valence-corrected chi connectivity index (χ4v) is 4.97. The van der Waals surface area contributed by atoms with E-state index in [-0.39, 0.29) is 17.9 Å². The van der Waals surface area contributed by atoms with Gasteiger partial charge in [0.15, 0.2) is 0 Å². The molecule has 184 valence electrons. The summed E-state index contributed by atoms with van der Waals surface area (Å²) in [6.45, 7) is 0.552. The maximum atomic E-state index is 12.9. The minimum atomic E-state index is 0.0511. The molecular weight excluding hydrogens is 446 g/mol. The number of nitrogens with one attached hydrogen (secondary N) is 2. The van der Waals surface area contributed by atoms with Crippen LogP contribution >= 0.6 is 0 Å². The van der Waals surface area contributed by atoms with Crippen molar-refractivity contribution in [2.75, 3.05) is 24.3 Å². The summed E-state index contributed by atoms with van der Waals surface area (Å²) in [4.78, 5) is 24.4. The monoisotopic (exact) mass is 479 g/mol. The second-order valence-corrected chi connectivity index (χ2v) is 9.76. The summed E-state index contributed by atoms with van der Waals surface area (Å²) in [6.07, 6.45) is 3.58. The van der Waals surface area contributed by atoms with Crippen LogP contribution in [0.1, 0.15) is 31.2 Å². The SMILES string of the molecule is CN(C)c1nc(NC2CCC(C(=O)NCc3cccc(-c4ccccc4)c3)CC2)nc2ccccc12. The van der Waals surface area contributed by atoms with Gasteiger partial charge in [0.05, 0.1) is 5.52 Å². The van der Waals surface area contributed by atoms with Gasteiger partial charge < -0.3 is 15.5 Å². The largest absolute Gasteiger partial charge is 0.362 e. The minimum Gasteiger partial charge on any atom is -0.362 e. The third-order valence-electron chi connectivity index (χ3n) is 6.94. The summed E-state index contributed by atoms with van der Waals surface area (Å²) in [5.74, 6) is 1.77. The van der Waals surface area contributed by atoms with Crippen LogP contribution in [-0.2, 0) is 11.3 Å². The van der Waals surface area contributed by atoms with E-state index in [1.54, 1.807) is 0 Å². The fraction of sp³-hybridized carbons (Fsp3) is 0.300. The number of anilines is 2. The number of para-hydroxylation sites is 1. The molecule has 2 N–H and O–H groups in total. The Bertz CT molecular complexity index is 1330. The Kier molecular flexibility index (Phi) is 7.12. The molecule has 6 nitrogen and oxygen atoms in total. The Hall–Kier alpha value is -3.93. The molecule has 36 heavy (non-hydrogen) atoms. The summed E-state index contributed by atoms with van der Waals surface area (Å²) in [5.41, 5.74) is 4.40. The van der Waals surface area contributed by atoms with Crippen molar-refractivity contribution in [3.63, 3.8) is 0 Å². The topological polar surface area (TPSA) is 70.2 Å². The van der Waals surface area contributed by atoms with E-state index in [2.05, 4.69) is 53.1 Å². The number of benzene rings is 3. The standard InChI is InChI=1S/C30H33N5O/c1-35(2)28-26-13-6-7-14-27(26)33-30(34-28)32-25-17-15-23(16-18-25)29(36)31-20-21-9-8-12-24(19-21)22-10-4-3-5-11-22/h3-14,19,23,25H,15-18,20H2,1-2H3,(H,31,36)(H,32,33,34). The van der Waals surface area contributed by atoms with Crippen molar-refractivity contribution < 1.29 is 4.79 Å². The number of rotatable bonds is 7. The molecule has 0 bridgehead atoms. The van der Waals surface area contributed by atoms with Gasteiger partial charge in [-0.15, -0.1) is 0 Å². The normalized spacial score (nSPS) is 17.5. The zero-order chi connectivity index (χ0) is 24.9. The summed E-state index contributed by atoms with van der Waals surface area (Å²) in [7, 11) is 4.00. The summed E-state index contributed by atoms with van der Waals surface area (Å²) in [5, 5.41) is 7.73. The van der Waals surface area contributed by atoms with E-state index >= 15 is 0 Å². The van der Waals surface area contributed by atoms with Crippen LogP contribution in [0.4, 0.5) is 11.8 Å². The average molecular weight is 480 g/mol. The first-order valence-corrected chi connectivity index (χ1v) is 12.7. The predicted octanol–water partition coefficient (Wildman–Crippen LogP) is 5.65. The van der Waals surface area contributed by atoms with Gasteiger partial charge in [0, 0.05) is 38.0 Å². The number of fused-ring (bicyclic) bond motifs is 1. The van der Waals surface area contributed by atoms with Crippen LogP contribution in [-0.4, -0.2) is 36.0 Å². The van der Waals surface area contributed by atoms with E-state index in [0.717, 1.165) is 48.0 Å². The molecule has 1 amide bonds. The third-order valence-corrected chi connectivity index (χ3v) is 6.94. The molecule has 0 saturated heterocycles. The van der Waals surface area contributed by atoms with E-state index in [0.29, 0.717) is 12.5 Å². The summed E-state index contributed by atoms with van der Waals surface area (Å²) < 4.78 is 0. The molecule has 0 spiro atoms. The van der Waals surface area contributed by atoms with Crippen LogP contribution in [0, 0.1) is 5.92 Å². The number of carbonyl (C=O) groups is 1. The second kappa shape index (κ2) is 10.8. The number of amides is 1. The molecule has 1 aliphatic rings. The quantitative estimate of drug-likeness (QED) is 0.358. The van der Waals surface area contributed by atoms with Crippen LogP contribution in [0.15, 0.2) is 78.9 Å². The Labute approximate surface area is 212 Å². The fourth-order valence-electron chi connectivity index (χ4n) is 4.97. The molecular formula is C30H33N5O. The van der Waals surface area contributed by atoms with E-state index in [9.17, 15) is 4.79 Å². The van der Waals surface area contributed by atoms with Crippen molar-refractivity contribution in [1.82, 2.24) is 15.3 Å². The number of hydrogen-bond acceptors (Lipinski definition) is 5. The first-order chi connectivity index (χ1) is 17.6. The van der Waals surface area contributed by atoms with Crippen molar-refractivity contribution in [3.8, 4) is 11.1 Å². The zero-order valence-corrected chi connectivity index (χ0v) is 20.9. The van der Waals surface area contributed by atoms with Gasteiger partial charge in [-0.3, -0.25) is 4.79 Å². The predicted molar refractivity (Wildman–Crippen MR) is 147 cm³/mol. The average Bonchev–Trinajstić information content (AvgIpc) is 2.92. The molecule has 6 heteroatoms. The highest BCUT2D eigenvalue weighted by molar-refractivity contribution is 5.90. The first kappa shape index (κ1) is 23.8. The molecule has 1 aliphatic carbocycles.